The highest BCUT2D eigenvalue weighted by Crippen LogP contribution is 2.06. The van der Waals surface area contributed by atoms with Gasteiger partial charge in [0.2, 0.25) is 0 Å². The van der Waals surface area contributed by atoms with Crippen LogP contribution in [0.2, 0.25) is 0 Å². The van der Waals surface area contributed by atoms with E-state index in [0.29, 0.717) is 12.8 Å². The molecule has 0 aromatic rings. The molecule has 0 aliphatic carbocycles. The highest BCUT2D eigenvalue weighted by molar-refractivity contribution is 7.86. The van der Waals surface area contributed by atoms with Crippen LogP contribution >= 0.6 is 0 Å². The number of aliphatic hydroxyl groups is 1. The third-order valence-corrected chi connectivity index (χ3v) is 3.53. The summed E-state index contributed by atoms with van der Waals surface area (Å²) in [5, 5.41) is 9.22. The Balaban J connectivity index is 4.27. The Morgan fingerprint density at radius 2 is 1.56 bits per heavy atom. The van der Waals surface area contributed by atoms with Crippen LogP contribution < -0.4 is 0 Å². The summed E-state index contributed by atoms with van der Waals surface area (Å²) in [4.78, 5) is 0. The Labute approximate surface area is 106 Å². The topological polar surface area (TPSA) is 138 Å². The van der Waals surface area contributed by atoms with Crippen LogP contribution in [0.25, 0.3) is 0 Å². The molecule has 110 valence electrons. The largest absolute Gasteiger partial charge is 0.390 e. The van der Waals surface area contributed by atoms with Crippen LogP contribution in [0.15, 0.2) is 0 Å². The van der Waals surface area contributed by atoms with Gasteiger partial charge in [-0.2, -0.15) is 16.8 Å². The summed E-state index contributed by atoms with van der Waals surface area (Å²) in [6.07, 6.45) is -1.37. The van der Waals surface area contributed by atoms with Crippen LogP contribution in [-0.2, 0) is 25.0 Å². The Hall–Kier alpha value is -0.260. The lowest BCUT2D eigenvalue weighted by molar-refractivity contribution is 0.00353. The Morgan fingerprint density at radius 1 is 1.06 bits per heavy atom. The van der Waals surface area contributed by atoms with Gasteiger partial charge in [-0.1, -0.05) is 13.3 Å². The van der Waals surface area contributed by atoms with E-state index in [-0.39, 0.29) is 0 Å². The molecule has 0 amide bonds. The normalized spacial score (nSPS) is 16.4. The summed E-state index contributed by atoms with van der Waals surface area (Å²) in [6, 6.07) is 0. The fourth-order valence-corrected chi connectivity index (χ4v) is 2.63. The number of rotatable bonds is 9. The maximum atomic E-state index is 10.7. The van der Waals surface area contributed by atoms with Crippen molar-refractivity contribution >= 4 is 20.2 Å². The van der Waals surface area contributed by atoms with Crippen molar-refractivity contribution in [2.75, 3.05) is 18.1 Å². The Kier molecular flexibility index (Phi) is 7.25. The first-order valence-corrected chi connectivity index (χ1v) is 8.45. The van der Waals surface area contributed by atoms with Crippen LogP contribution in [0.4, 0.5) is 0 Å². The molecule has 0 aliphatic rings. The minimum absolute atomic E-state index is 0.332. The Bertz CT molecular complexity index is 426. The third kappa shape index (κ3) is 10.9. The number of hydrogen-bond donors (Lipinski definition) is 3. The third-order valence-electron chi connectivity index (χ3n) is 1.93. The summed E-state index contributed by atoms with van der Waals surface area (Å²) in [5.74, 6) is -1.52. The Morgan fingerprint density at radius 3 is 1.94 bits per heavy atom. The van der Waals surface area contributed by atoms with Gasteiger partial charge in [-0.3, -0.25) is 9.11 Å². The summed E-state index contributed by atoms with van der Waals surface area (Å²) in [6.45, 7) is 1.33. The van der Waals surface area contributed by atoms with Gasteiger partial charge in [0.05, 0.1) is 18.8 Å². The minimum Gasteiger partial charge on any atom is -0.390 e. The molecule has 0 radical (unpaired) electrons. The minimum atomic E-state index is -4.32. The zero-order valence-corrected chi connectivity index (χ0v) is 11.5. The van der Waals surface area contributed by atoms with Crippen LogP contribution in [-0.4, -0.2) is 61.4 Å². The molecule has 0 saturated heterocycles. The molecule has 10 heteroatoms. The molecule has 8 nitrogen and oxygen atoms in total. The van der Waals surface area contributed by atoms with Crippen molar-refractivity contribution in [2.45, 2.75) is 32.0 Å². The summed E-state index contributed by atoms with van der Waals surface area (Å²) >= 11 is 0. The number of hydrogen-bond acceptors (Lipinski definition) is 6. The fourth-order valence-electron chi connectivity index (χ4n) is 1.31. The average Bonchev–Trinajstić information content (AvgIpc) is 2.09. The second-order valence-electron chi connectivity index (χ2n) is 3.90. The number of aliphatic hydroxyl groups excluding tert-OH is 1. The van der Waals surface area contributed by atoms with Crippen LogP contribution in [0.5, 0.6) is 0 Å². The van der Waals surface area contributed by atoms with Gasteiger partial charge in [0.25, 0.3) is 20.2 Å². The number of ether oxygens (including phenoxy) is 1. The van der Waals surface area contributed by atoms with E-state index >= 15 is 0 Å². The van der Waals surface area contributed by atoms with E-state index < -0.39 is 50.6 Å². The summed E-state index contributed by atoms with van der Waals surface area (Å²) in [5.41, 5.74) is 0. The average molecular weight is 306 g/mol. The van der Waals surface area contributed by atoms with Crippen molar-refractivity contribution in [3.63, 3.8) is 0 Å². The second kappa shape index (κ2) is 7.36. The van der Waals surface area contributed by atoms with Gasteiger partial charge in [-0.15, -0.1) is 0 Å². The van der Waals surface area contributed by atoms with E-state index in [1.165, 1.54) is 0 Å². The first-order chi connectivity index (χ1) is 8.03. The molecule has 18 heavy (non-hydrogen) atoms. The van der Waals surface area contributed by atoms with E-state index in [4.69, 9.17) is 13.8 Å². The summed E-state index contributed by atoms with van der Waals surface area (Å²) in [7, 11) is -8.52. The maximum Gasteiger partial charge on any atom is 0.267 e. The molecule has 3 N–H and O–H groups in total. The van der Waals surface area contributed by atoms with E-state index in [9.17, 15) is 21.9 Å². The molecule has 0 heterocycles. The SMILES string of the molecule is CCCC(CS(=O)(=O)O)OCC(O)CS(=O)(=O)O. The predicted octanol–water partition coefficient (Wildman–Crippen LogP) is -0.692. The molecule has 0 saturated carbocycles. The molecule has 0 spiro atoms. The van der Waals surface area contributed by atoms with Gasteiger partial charge in [0.15, 0.2) is 0 Å². The smallest absolute Gasteiger partial charge is 0.267 e. The first-order valence-electron chi connectivity index (χ1n) is 5.23. The lowest BCUT2D eigenvalue weighted by atomic mass is 10.2. The first kappa shape index (κ1) is 17.7. The van der Waals surface area contributed by atoms with Gasteiger partial charge >= 0.3 is 0 Å². The molecule has 0 bridgehead atoms. The monoisotopic (exact) mass is 306 g/mol. The van der Waals surface area contributed by atoms with Crippen molar-refractivity contribution in [1.82, 2.24) is 0 Å². The molecular formula is C8H18O8S2. The maximum absolute atomic E-state index is 10.7. The second-order valence-corrected chi connectivity index (χ2v) is 6.89. The van der Waals surface area contributed by atoms with Gasteiger partial charge in [-0.05, 0) is 6.42 Å². The predicted molar refractivity (Wildman–Crippen MR) is 63.5 cm³/mol. The zero-order chi connectivity index (χ0) is 14.4. The van der Waals surface area contributed by atoms with Crippen molar-refractivity contribution in [3.8, 4) is 0 Å². The van der Waals surface area contributed by atoms with Crippen molar-refractivity contribution in [2.24, 2.45) is 0 Å². The lowest BCUT2D eigenvalue weighted by Crippen LogP contribution is -2.31. The molecule has 0 aromatic carbocycles. The molecule has 0 rings (SSSR count). The summed E-state index contributed by atoms with van der Waals surface area (Å²) < 4.78 is 64.3. The highest BCUT2D eigenvalue weighted by atomic mass is 32.2. The lowest BCUT2D eigenvalue weighted by Gasteiger charge is -2.17. The van der Waals surface area contributed by atoms with Crippen LogP contribution in [0, 0.1) is 0 Å². The highest BCUT2D eigenvalue weighted by Gasteiger charge is 2.20. The van der Waals surface area contributed by atoms with E-state index in [2.05, 4.69) is 0 Å². The molecule has 0 fully saturated rings. The molecule has 2 unspecified atom stereocenters. The molecule has 0 aromatic heterocycles. The van der Waals surface area contributed by atoms with Crippen molar-refractivity contribution < 1.29 is 35.8 Å². The zero-order valence-electron chi connectivity index (χ0n) is 9.89. The van der Waals surface area contributed by atoms with Gasteiger partial charge < -0.3 is 9.84 Å². The van der Waals surface area contributed by atoms with Gasteiger partial charge in [0, 0.05) is 0 Å². The van der Waals surface area contributed by atoms with Crippen LogP contribution in [0.3, 0.4) is 0 Å². The van der Waals surface area contributed by atoms with Crippen molar-refractivity contribution in [1.29, 1.82) is 0 Å². The molecular weight excluding hydrogens is 288 g/mol. The fraction of sp³-hybridized carbons (Fsp3) is 1.00. The van der Waals surface area contributed by atoms with E-state index in [1.54, 1.807) is 6.92 Å². The quantitative estimate of drug-likeness (QED) is 0.476. The molecule has 2 atom stereocenters. The van der Waals surface area contributed by atoms with Crippen molar-refractivity contribution in [3.05, 3.63) is 0 Å². The van der Waals surface area contributed by atoms with Gasteiger partial charge in [-0.25, -0.2) is 0 Å². The van der Waals surface area contributed by atoms with Crippen LogP contribution in [0.1, 0.15) is 19.8 Å². The van der Waals surface area contributed by atoms with E-state index in [1.807, 2.05) is 0 Å². The molecule has 0 aliphatic heterocycles. The standard InChI is InChI=1S/C8H18O8S2/c1-2-3-8(6-18(13,14)15)16-4-7(9)5-17(10,11)12/h7-9H,2-6H2,1H3,(H,10,11,12)(H,13,14,15). The van der Waals surface area contributed by atoms with E-state index in [0.717, 1.165) is 0 Å². The van der Waals surface area contributed by atoms with Gasteiger partial charge in [0.1, 0.15) is 11.5 Å².